The zero-order chi connectivity index (χ0) is 23.4. The van der Waals surface area contributed by atoms with Gasteiger partial charge in [-0.2, -0.15) is 0 Å². The third-order valence-corrected chi connectivity index (χ3v) is 7.48. The van der Waals surface area contributed by atoms with Crippen LogP contribution in [0.25, 0.3) is 6.08 Å². The molecule has 0 bridgehead atoms. The summed E-state index contributed by atoms with van der Waals surface area (Å²) in [5.41, 5.74) is 1.33. The van der Waals surface area contributed by atoms with E-state index in [1.165, 1.54) is 23.8 Å². The summed E-state index contributed by atoms with van der Waals surface area (Å²) in [4.78, 5) is 26.4. The van der Waals surface area contributed by atoms with Crippen LogP contribution in [0.1, 0.15) is 12.5 Å². The molecule has 2 aromatic rings. The smallest absolute Gasteiger partial charge is 0.343 e. The monoisotopic (exact) mass is 667 g/mol. The number of amides is 1. The first-order valence-corrected chi connectivity index (χ1v) is 12.6. The largest absolute Gasteiger partial charge is 0.490 e. The highest BCUT2D eigenvalue weighted by molar-refractivity contribution is 14.1. The first kappa shape index (κ1) is 25.3. The van der Waals surface area contributed by atoms with E-state index in [1.54, 1.807) is 30.3 Å². The van der Waals surface area contributed by atoms with Crippen molar-refractivity contribution in [2.45, 2.75) is 6.92 Å². The fourth-order valence-electron chi connectivity index (χ4n) is 2.73. The molecule has 1 aliphatic rings. The quantitative estimate of drug-likeness (QED) is 0.154. The normalized spacial score (nSPS) is 14.8. The first-order valence-electron chi connectivity index (χ1n) is 9.14. The van der Waals surface area contributed by atoms with E-state index >= 15 is 0 Å². The van der Waals surface area contributed by atoms with Crippen LogP contribution < -0.4 is 14.4 Å². The van der Waals surface area contributed by atoms with Crippen LogP contribution in [0.15, 0.2) is 39.7 Å². The molecule has 0 aromatic heterocycles. The third-order valence-electron chi connectivity index (χ3n) is 4.15. The first-order chi connectivity index (χ1) is 15.2. The lowest BCUT2D eigenvalue weighted by Gasteiger charge is -2.15. The highest BCUT2D eigenvalue weighted by atomic mass is 127. The summed E-state index contributed by atoms with van der Waals surface area (Å²) >= 11 is 18.3. The van der Waals surface area contributed by atoms with Crippen LogP contribution in [0.2, 0.25) is 5.02 Å². The van der Waals surface area contributed by atoms with Crippen molar-refractivity contribution in [2.24, 2.45) is 0 Å². The fraction of sp³-hybridized carbons (Fsp3) is 0.190. The summed E-state index contributed by atoms with van der Waals surface area (Å²) in [7, 11) is 1.29. The average Bonchev–Trinajstić information content (AvgIpc) is 3.02. The molecule has 0 unspecified atom stereocenters. The molecule has 168 valence electrons. The molecule has 0 aliphatic carbocycles. The van der Waals surface area contributed by atoms with E-state index in [0.29, 0.717) is 38.0 Å². The zero-order valence-electron chi connectivity index (χ0n) is 16.8. The van der Waals surface area contributed by atoms with Gasteiger partial charge in [0.05, 0.1) is 32.9 Å². The van der Waals surface area contributed by atoms with Crippen molar-refractivity contribution in [1.82, 2.24) is 0 Å². The number of benzene rings is 2. The van der Waals surface area contributed by atoms with Crippen molar-refractivity contribution < 1.29 is 23.8 Å². The Kier molecular flexibility index (Phi) is 8.84. The number of carbonyl (C=O) groups is 2. The van der Waals surface area contributed by atoms with Gasteiger partial charge >= 0.3 is 5.97 Å². The summed E-state index contributed by atoms with van der Waals surface area (Å²) in [6.07, 6.45) is 1.74. The second-order valence-corrected chi connectivity index (χ2v) is 10.3. The summed E-state index contributed by atoms with van der Waals surface area (Å²) in [5.74, 6) is 0.165. The lowest BCUT2D eigenvalue weighted by Crippen LogP contribution is -2.27. The van der Waals surface area contributed by atoms with E-state index in [9.17, 15) is 9.59 Å². The van der Waals surface area contributed by atoms with E-state index in [-0.39, 0.29) is 12.5 Å². The number of carbonyl (C=O) groups excluding carboxylic acids is 2. The number of halogens is 3. The molecule has 11 heteroatoms. The lowest BCUT2D eigenvalue weighted by molar-refractivity contribution is -0.142. The Bertz CT molecular complexity index is 1130. The number of thiocarbonyl (C=S) groups is 1. The molecule has 0 radical (unpaired) electrons. The molecule has 0 N–H and O–H groups in total. The molecule has 1 saturated heterocycles. The summed E-state index contributed by atoms with van der Waals surface area (Å²) in [5, 5.41) is 0.485. The van der Waals surface area contributed by atoms with Gasteiger partial charge in [-0.05, 0) is 87.4 Å². The van der Waals surface area contributed by atoms with Crippen molar-refractivity contribution in [1.29, 1.82) is 0 Å². The van der Waals surface area contributed by atoms with Crippen LogP contribution in [0.3, 0.4) is 0 Å². The Morgan fingerprint density at radius 3 is 2.72 bits per heavy atom. The predicted octanol–water partition coefficient (Wildman–Crippen LogP) is 6.06. The molecule has 1 fully saturated rings. The molecular weight excluding hydrogens is 653 g/mol. The molecule has 6 nitrogen and oxygen atoms in total. The van der Waals surface area contributed by atoms with Crippen molar-refractivity contribution in [3.63, 3.8) is 0 Å². The van der Waals surface area contributed by atoms with Crippen molar-refractivity contribution in [3.8, 4) is 11.5 Å². The summed E-state index contributed by atoms with van der Waals surface area (Å²) in [6.45, 7) is 2.01. The number of rotatable bonds is 7. The minimum Gasteiger partial charge on any atom is -0.490 e. The maximum atomic E-state index is 13.1. The van der Waals surface area contributed by atoms with Crippen LogP contribution in [0, 0.1) is 3.57 Å². The van der Waals surface area contributed by atoms with Crippen LogP contribution in [-0.2, 0) is 14.3 Å². The van der Waals surface area contributed by atoms with Crippen molar-refractivity contribution in [2.75, 3.05) is 25.2 Å². The summed E-state index contributed by atoms with van der Waals surface area (Å²) < 4.78 is 17.8. The standard InChI is InChI=1S/C21H16BrClINO5S2/c1-3-29-16-7-11(6-15(24)19(16)30-10-18(26)28-2)8-17-20(27)25(21(31)32-17)12-4-5-13(22)14(23)9-12/h4-9H,3,10H2,1-2H3/b17-8+. The molecule has 32 heavy (non-hydrogen) atoms. The van der Waals surface area contributed by atoms with Crippen LogP contribution >= 0.6 is 74.1 Å². The van der Waals surface area contributed by atoms with E-state index in [0.717, 1.165) is 13.6 Å². The Labute approximate surface area is 221 Å². The molecular formula is C21H16BrClINO5S2. The molecule has 2 aromatic carbocycles. The molecule has 1 heterocycles. The van der Waals surface area contributed by atoms with Crippen LogP contribution in [0.5, 0.6) is 11.5 Å². The molecule has 1 aliphatic heterocycles. The molecule has 0 atom stereocenters. The molecule has 0 spiro atoms. The van der Waals surface area contributed by atoms with Gasteiger partial charge < -0.3 is 14.2 Å². The number of methoxy groups -OCH3 is 1. The van der Waals surface area contributed by atoms with Gasteiger partial charge in [-0.15, -0.1) is 0 Å². The minimum absolute atomic E-state index is 0.236. The fourth-order valence-corrected chi connectivity index (χ4v) is 5.23. The third kappa shape index (κ3) is 5.77. The van der Waals surface area contributed by atoms with Gasteiger partial charge in [0.25, 0.3) is 5.91 Å². The number of esters is 1. The van der Waals surface area contributed by atoms with Crippen LogP contribution in [0.4, 0.5) is 5.69 Å². The molecule has 1 amide bonds. The molecule has 0 saturated carbocycles. The summed E-state index contributed by atoms with van der Waals surface area (Å²) in [6, 6.07) is 8.81. The number of anilines is 1. The van der Waals surface area contributed by atoms with Crippen molar-refractivity contribution in [3.05, 3.63) is 53.9 Å². The van der Waals surface area contributed by atoms with Gasteiger partial charge in [-0.1, -0.05) is 35.6 Å². The predicted molar refractivity (Wildman–Crippen MR) is 143 cm³/mol. The second-order valence-electron chi connectivity index (χ2n) is 6.24. The minimum atomic E-state index is -0.496. The maximum Gasteiger partial charge on any atom is 0.343 e. The number of hydrogen-bond donors (Lipinski definition) is 0. The Morgan fingerprint density at radius 2 is 2.06 bits per heavy atom. The topological polar surface area (TPSA) is 65.1 Å². The van der Waals surface area contributed by atoms with E-state index < -0.39 is 5.97 Å². The number of hydrogen-bond acceptors (Lipinski definition) is 7. The lowest BCUT2D eigenvalue weighted by atomic mass is 10.1. The van der Waals surface area contributed by atoms with Gasteiger partial charge in [0.1, 0.15) is 0 Å². The number of nitrogens with zero attached hydrogens (tertiary/aromatic N) is 1. The number of ether oxygens (including phenoxy) is 3. The Hall–Kier alpha value is -1.34. The van der Waals surface area contributed by atoms with E-state index in [4.69, 9.17) is 33.3 Å². The zero-order valence-corrected chi connectivity index (χ0v) is 22.9. The van der Waals surface area contributed by atoms with Gasteiger partial charge in [0.15, 0.2) is 22.4 Å². The van der Waals surface area contributed by atoms with Gasteiger partial charge in [0.2, 0.25) is 0 Å². The number of thioether (sulfide) groups is 1. The Balaban J connectivity index is 1.91. The van der Waals surface area contributed by atoms with Crippen molar-refractivity contribution >= 4 is 102 Å². The SMILES string of the molecule is CCOc1cc(/C=C2/SC(=S)N(c3ccc(Br)c(Cl)c3)C2=O)cc(I)c1OCC(=O)OC. The van der Waals surface area contributed by atoms with Gasteiger partial charge in [0, 0.05) is 4.47 Å². The molecule has 3 rings (SSSR count). The van der Waals surface area contributed by atoms with E-state index in [2.05, 4.69) is 43.3 Å². The van der Waals surface area contributed by atoms with Gasteiger partial charge in [-0.3, -0.25) is 9.69 Å². The highest BCUT2D eigenvalue weighted by Crippen LogP contribution is 2.40. The average molecular weight is 669 g/mol. The Morgan fingerprint density at radius 1 is 1.31 bits per heavy atom. The van der Waals surface area contributed by atoms with Crippen LogP contribution in [-0.4, -0.2) is 36.5 Å². The highest BCUT2D eigenvalue weighted by Gasteiger charge is 2.33. The maximum absolute atomic E-state index is 13.1. The van der Waals surface area contributed by atoms with E-state index in [1.807, 2.05) is 13.0 Å². The van der Waals surface area contributed by atoms with Gasteiger partial charge in [-0.25, -0.2) is 4.79 Å². The second kappa shape index (κ2) is 11.2.